The lowest BCUT2D eigenvalue weighted by atomic mass is 9.99. The third kappa shape index (κ3) is 4.76. The van der Waals surface area contributed by atoms with Crippen LogP contribution in [-0.2, 0) is 12.8 Å². The number of carbonyl (C=O) groups is 1. The molecule has 184 valence electrons. The molecule has 2 aromatic heterocycles. The van der Waals surface area contributed by atoms with E-state index in [4.69, 9.17) is 4.52 Å². The molecule has 0 aliphatic carbocycles. The van der Waals surface area contributed by atoms with Crippen LogP contribution in [0.15, 0.2) is 59.3 Å². The Bertz CT molecular complexity index is 1370. The maximum atomic E-state index is 12.4. The van der Waals surface area contributed by atoms with Gasteiger partial charge in [0.2, 0.25) is 5.95 Å². The molecule has 0 radical (unpaired) electrons. The minimum absolute atomic E-state index is 0.0249. The van der Waals surface area contributed by atoms with Gasteiger partial charge in [-0.1, -0.05) is 42.4 Å². The molecule has 0 saturated carbocycles. The van der Waals surface area contributed by atoms with Crippen molar-refractivity contribution >= 4 is 23.4 Å². The van der Waals surface area contributed by atoms with Crippen molar-refractivity contribution in [2.24, 2.45) is 0 Å². The van der Waals surface area contributed by atoms with Gasteiger partial charge in [0.05, 0.1) is 12.6 Å². The molecule has 1 atom stereocenters. The Labute approximate surface area is 208 Å². The summed E-state index contributed by atoms with van der Waals surface area (Å²) in [4.78, 5) is 27.7. The summed E-state index contributed by atoms with van der Waals surface area (Å²) < 4.78 is 5.44. The molecule has 1 aliphatic rings. The first-order valence-corrected chi connectivity index (χ1v) is 11.8. The Morgan fingerprint density at radius 3 is 2.72 bits per heavy atom. The van der Waals surface area contributed by atoms with E-state index in [1.165, 1.54) is 0 Å². The van der Waals surface area contributed by atoms with Gasteiger partial charge in [-0.15, -0.1) is 0 Å². The summed E-state index contributed by atoms with van der Waals surface area (Å²) in [7, 11) is 1.81. The van der Waals surface area contributed by atoms with Crippen LogP contribution in [0.3, 0.4) is 0 Å². The molecule has 0 bridgehead atoms. The molecule has 5 rings (SSSR count). The highest BCUT2D eigenvalue weighted by atomic mass is 16.5. The monoisotopic (exact) mass is 485 g/mol. The maximum absolute atomic E-state index is 12.4. The van der Waals surface area contributed by atoms with E-state index in [9.17, 15) is 9.90 Å². The lowest BCUT2D eigenvalue weighted by Crippen LogP contribution is -2.34. The zero-order valence-electron chi connectivity index (χ0n) is 20.1. The molecule has 0 fully saturated rings. The number of amides is 1. The smallest absolute Gasteiger partial charge is 0.263 e. The average molecular weight is 486 g/mol. The van der Waals surface area contributed by atoms with Gasteiger partial charge in [0, 0.05) is 37.5 Å². The SMILES string of the molecule is CCc1noc(-c2cnc(Nc3ccc4c(c3)CCN(C)C4=O)nc2N[C@H](CO)c2ccccc2)n1. The highest BCUT2D eigenvalue weighted by Gasteiger charge is 2.22. The lowest BCUT2D eigenvalue weighted by Gasteiger charge is -2.25. The first-order chi connectivity index (χ1) is 17.6. The van der Waals surface area contributed by atoms with Gasteiger partial charge in [-0.3, -0.25) is 4.79 Å². The van der Waals surface area contributed by atoms with Crippen molar-refractivity contribution in [3.05, 3.63) is 77.2 Å². The number of anilines is 3. The molecule has 36 heavy (non-hydrogen) atoms. The molecule has 0 saturated heterocycles. The Morgan fingerprint density at radius 2 is 1.97 bits per heavy atom. The summed E-state index contributed by atoms with van der Waals surface area (Å²) in [5.41, 5.74) is 3.91. The first-order valence-electron chi connectivity index (χ1n) is 11.8. The number of benzene rings is 2. The molecule has 3 N–H and O–H groups in total. The van der Waals surface area contributed by atoms with Gasteiger partial charge >= 0.3 is 0 Å². The Balaban J connectivity index is 1.47. The minimum atomic E-state index is -0.409. The Hall–Kier alpha value is -4.31. The minimum Gasteiger partial charge on any atom is -0.394 e. The lowest BCUT2D eigenvalue weighted by molar-refractivity contribution is 0.0781. The number of hydrogen-bond acceptors (Lipinski definition) is 9. The summed E-state index contributed by atoms with van der Waals surface area (Å²) >= 11 is 0. The van der Waals surface area contributed by atoms with Gasteiger partial charge in [0.1, 0.15) is 11.4 Å². The third-order valence-corrected chi connectivity index (χ3v) is 6.15. The van der Waals surface area contributed by atoms with Crippen LogP contribution in [-0.4, -0.2) is 56.2 Å². The van der Waals surface area contributed by atoms with Crippen LogP contribution in [0.5, 0.6) is 0 Å². The number of rotatable bonds is 8. The molecule has 0 unspecified atom stereocenters. The molecule has 10 heteroatoms. The van der Waals surface area contributed by atoms with Crippen LogP contribution < -0.4 is 10.6 Å². The van der Waals surface area contributed by atoms with Crippen LogP contribution >= 0.6 is 0 Å². The standard InChI is InChI=1S/C26H27N7O3/c1-3-22-30-24(36-32-22)20-14-27-26(31-23(20)29-21(15-34)16-7-5-4-6-8-16)28-18-9-10-19-17(13-18)11-12-33(2)25(19)35/h4-10,13-14,21,34H,3,11-12,15H2,1-2H3,(H2,27,28,29,31)/t21-/m1/s1. The highest BCUT2D eigenvalue weighted by molar-refractivity contribution is 5.97. The molecular weight excluding hydrogens is 458 g/mol. The summed E-state index contributed by atoms with van der Waals surface area (Å²) in [6.45, 7) is 2.48. The summed E-state index contributed by atoms with van der Waals surface area (Å²) in [5, 5.41) is 20.6. The zero-order chi connectivity index (χ0) is 25.1. The number of hydrogen-bond donors (Lipinski definition) is 3. The Morgan fingerprint density at radius 1 is 1.14 bits per heavy atom. The van der Waals surface area contributed by atoms with Crippen LogP contribution in [0, 0.1) is 0 Å². The van der Waals surface area contributed by atoms with Gasteiger partial charge in [0.25, 0.3) is 11.8 Å². The van der Waals surface area contributed by atoms with Crippen molar-refractivity contribution < 1.29 is 14.4 Å². The van der Waals surface area contributed by atoms with Crippen molar-refractivity contribution in [2.45, 2.75) is 25.8 Å². The topological polar surface area (TPSA) is 129 Å². The van der Waals surface area contributed by atoms with Gasteiger partial charge < -0.3 is 25.2 Å². The van der Waals surface area contributed by atoms with E-state index in [0.29, 0.717) is 47.6 Å². The van der Waals surface area contributed by atoms with E-state index in [-0.39, 0.29) is 12.5 Å². The van der Waals surface area contributed by atoms with E-state index in [1.54, 1.807) is 11.1 Å². The largest absolute Gasteiger partial charge is 0.394 e. The van der Waals surface area contributed by atoms with Gasteiger partial charge in [-0.25, -0.2) is 4.98 Å². The van der Waals surface area contributed by atoms with Crippen LogP contribution in [0.4, 0.5) is 17.5 Å². The number of nitrogens with zero attached hydrogens (tertiary/aromatic N) is 5. The fourth-order valence-corrected chi connectivity index (χ4v) is 4.11. The quantitative estimate of drug-likeness (QED) is 0.343. The highest BCUT2D eigenvalue weighted by Crippen LogP contribution is 2.30. The normalized spacial score (nSPS) is 13.9. The van der Waals surface area contributed by atoms with E-state index >= 15 is 0 Å². The number of likely N-dealkylation sites (N-methyl/N-ethyl adjacent to an activating group) is 1. The second kappa shape index (κ2) is 10.1. The summed E-state index contributed by atoms with van der Waals surface area (Å²) in [6, 6.07) is 14.8. The number of aryl methyl sites for hydroxylation is 1. The second-order valence-corrected chi connectivity index (χ2v) is 8.59. The zero-order valence-corrected chi connectivity index (χ0v) is 20.1. The molecule has 0 spiro atoms. The van der Waals surface area contributed by atoms with Crippen molar-refractivity contribution in [1.82, 2.24) is 25.0 Å². The third-order valence-electron chi connectivity index (χ3n) is 6.15. The molecular formula is C26H27N7O3. The molecule has 2 aromatic carbocycles. The molecule has 4 aromatic rings. The number of aliphatic hydroxyl groups excluding tert-OH is 1. The average Bonchev–Trinajstić information content (AvgIpc) is 3.39. The van der Waals surface area contributed by atoms with Gasteiger partial charge in [-0.2, -0.15) is 9.97 Å². The summed E-state index contributed by atoms with van der Waals surface area (Å²) in [5.74, 6) is 1.69. The number of aliphatic hydroxyl groups is 1. The van der Waals surface area contributed by atoms with Crippen LogP contribution in [0.25, 0.3) is 11.5 Å². The maximum Gasteiger partial charge on any atom is 0.263 e. The van der Waals surface area contributed by atoms with Crippen molar-refractivity contribution in [1.29, 1.82) is 0 Å². The fraction of sp³-hybridized carbons (Fsp3) is 0.269. The Kier molecular flexibility index (Phi) is 6.59. The van der Waals surface area contributed by atoms with E-state index in [2.05, 4.69) is 30.7 Å². The number of carbonyl (C=O) groups excluding carboxylic acids is 1. The fourth-order valence-electron chi connectivity index (χ4n) is 4.11. The predicted octanol–water partition coefficient (Wildman–Crippen LogP) is 3.61. The number of nitrogens with one attached hydrogen (secondary N) is 2. The molecule has 1 amide bonds. The van der Waals surface area contributed by atoms with E-state index in [0.717, 1.165) is 23.2 Å². The first kappa shape index (κ1) is 23.4. The van der Waals surface area contributed by atoms with E-state index in [1.807, 2.05) is 62.5 Å². The van der Waals surface area contributed by atoms with Gasteiger partial charge in [-0.05, 0) is 35.7 Å². The predicted molar refractivity (Wildman–Crippen MR) is 135 cm³/mol. The second-order valence-electron chi connectivity index (χ2n) is 8.59. The molecule has 1 aliphatic heterocycles. The van der Waals surface area contributed by atoms with Crippen molar-refractivity contribution in [2.75, 3.05) is 30.8 Å². The molecule has 10 nitrogen and oxygen atoms in total. The van der Waals surface area contributed by atoms with Crippen LogP contribution in [0.1, 0.15) is 40.3 Å². The number of aromatic nitrogens is 4. The van der Waals surface area contributed by atoms with Crippen molar-refractivity contribution in [3.63, 3.8) is 0 Å². The molecule has 3 heterocycles. The number of fused-ring (bicyclic) bond motifs is 1. The summed E-state index contributed by atoms with van der Waals surface area (Å²) in [6.07, 6.45) is 3.03. The van der Waals surface area contributed by atoms with Gasteiger partial charge in [0.15, 0.2) is 5.82 Å². The van der Waals surface area contributed by atoms with Crippen LogP contribution in [0.2, 0.25) is 0 Å². The van der Waals surface area contributed by atoms with E-state index < -0.39 is 6.04 Å². The van der Waals surface area contributed by atoms with Crippen molar-refractivity contribution in [3.8, 4) is 11.5 Å².